The Hall–Kier alpha value is -3.12. The van der Waals surface area contributed by atoms with E-state index in [1.807, 2.05) is 66.1 Å². The van der Waals surface area contributed by atoms with E-state index in [4.69, 9.17) is 4.74 Å². The van der Waals surface area contributed by atoms with E-state index in [-0.39, 0.29) is 5.82 Å². The molecule has 29 heavy (non-hydrogen) atoms. The number of aryl methyl sites for hydroxylation is 1. The molecule has 0 bridgehead atoms. The summed E-state index contributed by atoms with van der Waals surface area (Å²) in [6, 6.07) is 22.6. The lowest BCUT2D eigenvalue weighted by atomic mass is 10.1. The van der Waals surface area contributed by atoms with Crippen molar-refractivity contribution in [3.63, 3.8) is 0 Å². The van der Waals surface area contributed by atoms with Crippen molar-refractivity contribution in [2.45, 2.75) is 17.8 Å². The highest BCUT2D eigenvalue weighted by Crippen LogP contribution is 2.35. The van der Waals surface area contributed by atoms with Gasteiger partial charge in [-0.3, -0.25) is 4.57 Å². The number of benzene rings is 3. The van der Waals surface area contributed by atoms with Gasteiger partial charge >= 0.3 is 0 Å². The molecule has 0 saturated heterocycles. The summed E-state index contributed by atoms with van der Waals surface area (Å²) in [6.07, 6.45) is 0. The van der Waals surface area contributed by atoms with Crippen LogP contribution in [0, 0.1) is 12.7 Å². The van der Waals surface area contributed by atoms with Gasteiger partial charge in [0.2, 0.25) is 0 Å². The molecule has 0 unspecified atom stereocenters. The quantitative estimate of drug-likeness (QED) is 0.387. The lowest BCUT2D eigenvalue weighted by Gasteiger charge is -2.14. The SMILES string of the molecule is COc1ccccc1-c1nnc(SCc2ccccc2F)n1-c1ccccc1C. The number of aromatic nitrogens is 3. The van der Waals surface area contributed by atoms with Crippen LogP contribution < -0.4 is 4.74 Å². The van der Waals surface area contributed by atoms with E-state index in [0.717, 1.165) is 22.6 Å². The third kappa shape index (κ3) is 3.89. The van der Waals surface area contributed by atoms with Crippen LogP contribution in [0.15, 0.2) is 78.0 Å². The van der Waals surface area contributed by atoms with Gasteiger partial charge in [0.25, 0.3) is 0 Å². The van der Waals surface area contributed by atoms with Crippen LogP contribution in [-0.2, 0) is 5.75 Å². The van der Waals surface area contributed by atoms with Crippen molar-refractivity contribution >= 4 is 11.8 Å². The molecule has 4 nitrogen and oxygen atoms in total. The van der Waals surface area contributed by atoms with Gasteiger partial charge in [-0.1, -0.05) is 60.3 Å². The molecule has 0 N–H and O–H groups in total. The predicted molar refractivity (Wildman–Crippen MR) is 114 cm³/mol. The number of hydrogen-bond acceptors (Lipinski definition) is 4. The Morgan fingerprint density at radius 3 is 2.45 bits per heavy atom. The molecule has 0 saturated carbocycles. The lowest BCUT2D eigenvalue weighted by molar-refractivity contribution is 0.416. The highest BCUT2D eigenvalue weighted by Gasteiger charge is 2.20. The lowest BCUT2D eigenvalue weighted by Crippen LogP contribution is -2.03. The molecule has 3 aromatic carbocycles. The zero-order valence-corrected chi connectivity index (χ0v) is 17.0. The van der Waals surface area contributed by atoms with Crippen LogP contribution in [0.25, 0.3) is 17.1 Å². The van der Waals surface area contributed by atoms with Gasteiger partial charge in [-0.25, -0.2) is 4.39 Å². The molecular formula is C23H20FN3OS. The van der Waals surface area contributed by atoms with Gasteiger partial charge in [-0.2, -0.15) is 0 Å². The Morgan fingerprint density at radius 2 is 1.66 bits per heavy atom. The third-order valence-electron chi connectivity index (χ3n) is 4.65. The Balaban J connectivity index is 1.81. The summed E-state index contributed by atoms with van der Waals surface area (Å²) < 4.78 is 21.6. The predicted octanol–water partition coefficient (Wildman–Crippen LogP) is 5.68. The molecule has 0 aliphatic rings. The molecular weight excluding hydrogens is 385 g/mol. The van der Waals surface area contributed by atoms with Crippen LogP contribution in [-0.4, -0.2) is 21.9 Å². The minimum Gasteiger partial charge on any atom is -0.496 e. The van der Waals surface area contributed by atoms with Crippen molar-refractivity contribution in [1.82, 2.24) is 14.8 Å². The zero-order chi connectivity index (χ0) is 20.2. The number of rotatable bonds is 6. The van der Waals surface area contributed by atoms with Crippen LogP contribution >= 0.6 is 11.8 Å². The van der Waals surface area contributed by atoms with Crippen LogP contribution in [0.2, 0.25) is 0 Å². The summed E-state index contributed by atoms with van der Waals surface area (Å²) >= 11 is 1.46. The normalized spacial score (nSPS) is 10.9. The molecule has 0 fully saturated rings. The van der Waals surface area contributed by atoms with E-state index in [9.17, 15) is 4.39 Å². The molecule has 1 aromatic heterocycles. The fourth-order valence-electron chi connectivity index (χ4n) is 3.16. The van der Waals surface area contributed by atoms with Crippen molar-refractivity contribution in [3.8, 4) is 22.8 Å². The molecule has 1 heterocycles. The molecule has 0 aliphatic heterocycles. The van der Waals surface area contributed by atoms with E-state index in [2.05, 4.69) is 10.2 Å². The van der Waals surface area contributed by atoms with Gasteiger partial charge in [0.15, 0.2) is 11.0 Å². The van der Waals surface area contributed by atoms with Gasteiger partial charge in [-0.05, 0) is 42.3 Å². The summed E-state index contributed by atoms with van der Waals surface area (Å²) in [7, 11) is 1.64. The first-order chi connectivity index (χ1) is 14.2. The van der Waals surface area contributed by atoms with Crippen molar-refractivity contribution in [2.75, 3.05) is 7.11 Å². The number of nitrogens with zero attached hydrogens (tertiary/aromatic N) is 3. The van der Waals surface area contributed by atoms with Crippen LogP contribution in [0.4, 0.5) is 4.39 Å². The van der Waals surface area contributed by atoms with Crippen LogP contribution in [0.5, 0.6) is 5.75 Å². The Morgan fingerprint density at radius 1 is 0.931 bits per heavy atom. The fraction of sp³-hybridized carbons (Fsp3) is 0.130. The highest BCUT2D eigenvalue weighted by molar-refractivity contribution is 7.98. The van der Waals surface area contributed by atoms with E-state index >= 15 is 0 Å². The van der Waals surface area contributed by atoms with E-state index in [1.54, 1.807) is 19.2 Å². The number of para-hydroxylation sites is 2. The van der Waals surface area contributed by atoms with Gasteiger partial charge in [0.05, 0.1) is 18.4 Å². The fourth-order valence-corrected chi connectivity index (χ4v) is 4.09. The Bertz CT molecular complexity index is 1140. The summed E-state index contributed by atoms with van der Waals surface area (Å²) in [5.41, 5.74) is 3.56. The molecule has 0 aliphatic carbocycles. The molecule has 0 spiro atoms. The summed E-state index contributed by atoms with van der Waals surface area (Å²) in [5.74, 6) is 1.66. The number of halogens is 1. The smallest absolute Gasteiger partial charge is 0.196 e. The number of hydrogen-bond donors (Lipinski definition) is 0. The summed E-state index contributed by atoms with van der Waals surface area (Å²) in [5, 5.41) is 9.59. The van der Waals surface area contributed by atoms with E-state index < -0.39 is 0 Å². The second-order valence-electron chi connectivity index (χ2n) is 6.51. The van der Waals surface area contributed by atoms with Gasteiger partial charge in [0.1, 0.15) is 11.6 Å². The maximum atomic E-state index is 14.1. The Labute approximate surface area is 173 Å². The number of thioether (sulfide) groups is 1. The molecule has 4 rings (SSSR count). The van der Waals surface area contributed by atoms with E-state index in [0.29, 0.717) is 22.3 Å². The van der Waals surface area contributed by atoms with Crippen molar-refractivity contribution in [2.24, 2.45) is 0 Å². The first kappa shape index (κ1) is 19.2. The monoisotopic (exact) mass is 405 g/mol. The zero-order valence-electron chi connectivity index (χ0n) is 16.2. The first-order valence-electron chi connectivity index (χ1n) is 9.20. The number of ether oxygens (including phenoxy) is 1. The minimum atomic E-state index is -0.216. The molecule has 0 atom stereocenters. The molecule has 4 aromatic rings. The average molecular weight is 405 g/mol. The highest BCUT2D eigenvalue weighted by atomic mass is 32.2. The maximum Gasteiger partial charge on any atom is 0.196 e. The van der Waals surface area contributed by atoms with Crippen LogP contribution in [0.1, 0.15) is 11.1 Å². The minimum absolute atomic E-state index is 0.216. The van der Waals surface area contributed by atoms with Gasteiger partial charge in [-0.15, -0.1) is 10.2 Å². The van der Waals surface area contributed by atoms with Crippen molar-refractivity contribution in [1.29, 1.82) is 0 Å². The second kappa shape index (κ2) is 8.49. The van der Waals surface area contributed by atoms with Crippen LogP contribution in [0.3, 0.4) is 0 Å². The molecule has 6 heteroatoms. The maximum absolute atomic E-state index is 14.1. The molecule has 0 radical (unpaired) electrons. The number of methoxy groups -OCH3 is 1. The van der Waals surface area contributed by atoms with Gasteiger partial charge in [0, 0.05) is 5.75 Å². The van der Waals surface area contributed by atoms with Crippen molar-refractivity contribution in [3.05, 3.63) is 89.7 Å². The van der Waals surface area contributed by atoms with E-state index in [1.165, 1.54) is 17.8 Å². The average Bonchev–Trinajstić information content (AvgIpc) is 3.17. The third-order valence-corrected chi connectivity index (χ3v) is 5.63. The largest absolute Gasteiger partial charge is 0.496 e. The first-order valence-corrected chi connectivity index (χ1v) is 10.2. The summed E-state index contributed by atoms with van der Waals surface area (Å²) in [6.45, 7) is 2.05. The Kier molecular flexibility index (Phi) is 5.62. The second-order valence-corrected chi connectivity index (χ2v) is 7.45. The molecule has 146 valence electrons. The molecule has 0 amide bonds. The summed E-state index contributed by atoms with van der Waals surface area (Å²) in [4.78, 5) is 0. The standard InChI is InChI=1S/C23H20FN3OS/c1-16-9-3-7-13-20(16)27-22(18-11-5-8-14-21(18)28-2)25-26-23(27)29-15-17-10-4-6-12-19(17)24/h3-14H,15H2,1-2H3. The topological polar surface area (TPSA) is 39.9 Å². The van der Waals surface area contributed by atoms with Gasteiger partial charge < -0.3 is 4.74 Å². The van der Waals surface area contributed by atoms with Crippen molar-refractivity contribution < 1.29 is 9.13 Å².